The largest absolute Gasteiger partial charge is 0.463 e. The molecule has 4 heterocycles. The normalized spacial score (nSPS) is 14.7. The van der Waals surface area contributed by atoms with Crippen molar-refractivity contribution < 1.29 is 9.21 Å². The molecule has 1 amide bonds. The lowest BCUT2D eigenvalue weighted by molar-refractivity contribution is -0.135. The number of carbonyl (C=O) groups excluding carboxylic acids is 1. The highest BCUT2D eigenvalue weighted by molar-refractivity contribution is 5.80. The van der Waals surface area contributed by atoms with Gasteiger partial charge in [-0.05, 0) is 25.1 Å². The van der Waals surface area contributed by atoms with Gasteiger partial charge >= 0.3 is 0 Å². The third kappa shape index (κ3) is 4.32. The third-order valence-corrected chi connectivity index (χ3v) is 5.96. The molecule has 1 saturated heterocycles. The highest BCUT2D eigenvalue weighted by atomic mass is 16.3. The molecule has 1 aliphatic rings. The number of carbonyl (C=O) groups is 1. The van der Waals surface area contributed by atoms with Crippen LogP contribution in [0.1, 0.15) is 13.0 Å². The quantitative estimate of drug-likeness (QED) is 0.455. The highest BCUT2D eigenvalue weighted by Crippen LogP contribution is 2.22. The third-order valence-electron chi connectivity index (χ3n) is 5.96. The van der Waals surface area contributed by atoms with Crippen LogP contribution in [0.3, 0.4) is 0 Å². The minimum Gasteiger partial charge on any atom is -0.463 e. The van der Waals surface area contributed by atoms with Crippen LogP contribution in [0.25, 0.3) is 22.7 Å². The van der Waals surface area contributed by atoms with Crippen LogP contribution in [0.5, 0.6) is 0 Å². The van der Waals surface area contributed by atoms with Gasteiger partial charge in [0.1, 0.15) is 23.9 Å². The summed E-state index contributed by atoms with van der Waals surface area (Å²) in [6.07, 6.45) is 3.11. The van der Waals surface area contributed by atoms with Crippen LogP contribution in [0.2, 0.25) is 0 Å². The fourth-order valence-electron chi connectivity index (χ4n) is 4.07. The van der Waals surface area contributed by atoms with Gasteiger partial charge in [-0.25, -0.2) is 14.6 Å². The van der Waals surface area contributed by atoms with E-state index >= 15 is 0 Å². The smallest absolute Gasteiger partial charge is 0.267 e. The lowest BCUT2D eigenvalue weighted by atomic mass is 10.1. The monoisotopic (exact) mass is 456 g/mol. The van der Waals surface area contributed by atoms with Gasteiger partial charge in [-0.1, -0.05) is 30.3 Å². The van der Waals surface area contributed by atoms with Gasteiger partial charge in [-0.15, -0.1) is 0 Å². The Kier molecular flexibility index (Phi) is 5.90. The van der Waals surface area contributed by atoms with Crippen LogP contribution in [-0.4, -0.2) is 56.7 Å². The van der Waals surface area contributed by atoms with Crippen LogP contribution < -0.4 is 10.5 Å². The average Bonchev–Trinajstić information content (AvgIpc) is 3.44. The van der Waals surface area contributed by atoms with Gasteiger partial charge in [0.2, 0.25) is 5.91 Å². The van der Waals surface area contributed by atoms with E-state index in [0.29, 0.717) is 37.6 Å². The van der Waals surface area contributed by atoms with E-state index in [1.54, 1.807) is 42.6 Å². The van der Waals surface area contributed by atoms with Crippen molar-refractivity contribution in [3.05, 3.63) is 83.6 Å². The minimum atomic E-state index is -0.724. The summed E-state index contributed by atoms with van der Waals surface area (Å²) in [5, 5.41) is 4.37. The van der Waals surface area contributed by atoms with Crippen molar-refractivity contribution in [2.75, 3.05) is 31.1 Å². The SMILES string of the molecule is CC(C(=O)N1CCN(c2cc(-c3ccccc3)ncn2)CC1)n1nc(-c2ccco2)ccc1=O. The summed E-state index contributed by atoms with van der Waals surface area (Å²) in [6.45, 7) is 4.03. The summed E-state index contributed by atoms with van der Waals surface area (Å²) in [6, 6.07) is 17.7. The minimum absolute atomic E-state index is 0.140. The number of hydrogen-bond donors (Lipinski definition) is 0. The number of rotatable bonds is 5. The summed E-state index contributed by atoms with van der Waals surface area (Å²) in [5.41, 5.74) is 2.07. The lowest BCUT2D eigenvalue weighted by Gasteiger charge is -2.36. The second-order valence-corrected chi connectivity index (χ2v) is 8.09. The summed E-state index contributed by atoms with van der Waals surface area (Å²) in [7, 11) is 0. The maximum atomic E-state index is 13.2. The molecular weight excluding hydrogens is 432 g/mol. The molecule has 0 spiro atoms. The summed E-state index contributed by atoms with van der Waals surface area (Å²) in [5.74, 6) is 1.23. The van der Waals surface area contributed by atoms with E-state index in [-0.39, 0.29) is 11.5 Å². The number of anilines is 1. The summed E-state index contributed by atoms with van der Waals surface area (Å²) < 4.78 is 6.60. The predicted octanol–water partition coefficient (Wildman–Crippen LogP) is 2.87. The number of hydrogen-bond acceptors (Lipinski definition) is 7. The number of aromatic nitrogens is 4. The first-order valence-electron chi connectivity index (χ1n) is 11.1. The molecule has 172 valence electrons. The van der Waals surface area contributed by atoms with E-state index in [4.69, 9.17) is 4.42 Å². The molecule has 1 aliphatic heterocycles. The molecule has 0 bridgehead atoms. The molecule has 1 atom stereocenters. The van der Waals surface area contributed by atoms with Gasteiger partial charge < -0.3 is 14.2 Å². The molecule has 9 heteroatoms. The standard InChI is InChI=1S/C25H24N6O3/c1-18(31-24(32)10-9-20(28-31)22-8-5-15-34-22)25(33)30-13-11-29(12-14-30)23-16-21(26-17-27-23)19-6-3-2-4-7-19/h2-10,15-18H,11-14H2,1H3. The number of amides is 1. The van der Waals surface area contributed by atoms with Crippen molar-refractivity contribution in [1.82, 2.24) is 24.6 Å². The van der Waals surface area contributed by atoms with Gasteiger partial charge in [0.15, 0.2) is 5.76 Å². The Morgan fingerprint density at radius 1 is 0.941 bits per heavy atom. The summed E-state index contributed by atoms with van der Waals surface area (Å²) in [4.78, 5) is 38.4. The fraction of sp³-hybridized carbons (Fsp3) is 0.240. The number of nitrogens with zero attached hydrogens (tertiary/aromatic N) is 6. The molecule has 0 aliphatic carbocycles. The van der Waals surface area contributed by atoms with Gasteiger partial charge in [0.05, 0.1) is 12.0 Å². The van der Waals surface area contributed by atoms with Crippen LogP contribution in [0.4, 0.5) is 5.82 Å². The maximum Gasteiger partial charge on any atom is 0.267 e. The van der Waals surface area contributed by atoms with Gasteiger partial charge in [-0.3, -0.25) is 9.59 Å². The Morgan fingerprint density at radius 3 is 2.47 bits per heavy atom. The molecule has 1 aromatic carbocycles. The van der Waals surface area contributed by atoms with Crippen molar-refractivity contribution in [1.29, 1.82) is 0 Å². The molecule has 5 rings (SSSR count). The molecule has 0 saturated carbocycles. The van der Waals surface area contributed by atoms with Crippen LogP contribution in [0.15, 0.2) is 82.5 Å². The molecule has 34 heavy (non-hydrogen) atoms. The Balaban J connectivity index is 1.27. The first-order chi connectivity index (χ1) is 16.6. The predicted molar refractivity (Wildman–Crippen MR) is 127 cm³/mol. The number of piperazine rings is 1. The molecule has 1 fully saturated rings. The average molecular weight is 457 g/mol. The molecule has 3 aromatic heterocycles. The van der Waals surface area contributed by atoms with Gasteiger partial charge in [-0.2, -0.15) is 5.10 Å². The van der Waals surface area contributed by atoms with E-state index in [9.17, 15) is 9.59 Å². The lowest BCUT2D eigenvalue weighted by Crippen LogP contribution is -2.51. The van der Waals surface area contributed by atoms with E-state index in [2.05, 4.69) is 20.0 Å². The van der Waals surface area contributed by atoms with Crippen molar-refractivity contribution in [2.45, 2.75) is 13.0 Å². The number of benzene rings is 1. The zero-order chi connectivity index (χ0) is 23.5. The topological polar surface area (TPSA) is 97.4 Å². The Labute approximate surface area is 196 Å². The van der Waals surface area contributed by atoms with Crippen molar-refractivity contribution >= 4 is 11.7 Å². The van der Waals surface area contributed by atoms with Crippen molar-refractivity contribution in [2.24, 2.45) is 0 Å². The van der Waals surface area contributed by atoms with Gasteiger partial charge in [0.25, 0.3) is 5.56 Å². The van der Waals surface area contributed by atoms with E-state index in [0.717, 1.165) is 17.1 Å². The fourth-order valence-corrected chi connectivity index (χ4v) is 4.07. The van der Waals surface area contributed by atoms with Crippen molar-refractivity contribution in [3.63, 3.8) is 0 Å². The van der Waals surface area contributed by atoms with E-state index < -0.39 is 6.04 Å². The van der Waals surface area contributed by atoms with Crippen LogP contribution in [0, 0.1) is 0 Å². The van der Waals surface area contributed by atoms with Crippen molar-refractivity contribution in [3.8, 4) is 22.7 Å². The highest BCUT2D eigenvalue weighted by Gasteiger charge is 2.28. The zero-order valence-electron chi connectivity index (χ0n) is 18.7. The molecule has 0 radical (unpaired) electrons. The molecule has 1 unspecified atom stereocenters. The second kappa shape index (κ2) is 9.30. The Bertz CT molecular complexity index is 1330. The maximum absolute atomic E-state index is 13.2. The molecule has 4 aromatic rings. The van der Waals surface area contributed by atoms with Crippen LogP contribution >= 0.6 is 0 Å². The molecule has 9 nitrogen and oxygen atoms in total. The molecule has 0 N–H and O–H groups in total. The Morgan fingerprint density at radius 2 is 1.74 bits per heavy atom. The summed E-state index contributed by atoms with van der Waals surface area (Å²) >= 11 is 0. The zero-order valence-corrected chi connectivity index (χ0v) is 18.7. The Hall–Kier alpha value is -4.27. The number of furan rings is 1. The second-order valence-electron chi connectivity index (χ2n) is 8.09. The van der Waals surface area contributed by atoms with Gasteiger partial charge in [0, 0.05) is 43.9 Å². The first kappa shape index (κ1) is 21.6. The molecular formula is C25H24N6O3. The van der Waals surface area contributed by atoms with Crippen LogP contribution in [-0.2, 0) is 4.79 Å². The van der Waals surface area contributed by atoms with E-state index in [1.807, 2.05) is 36.4 Å². The van der Waals surface area contributed by atoms with E-state index in [1.165, 1.54) is 10.7 Å². The first-order valence-corrected chi connectivity index (χ1v) is 11.1.